The van der Waals surface area contributed by atoms with Crippen molar-refractivity contribution in [2.45, 2.75) is 31.2 Å². The van der Waals surface area contributed by atoms with Crippen LogP contribution in [0, 0.1) is 13.8 Å². The Bertz CT molecular complexity index is 1620. The summed E-state index contributed by atoms with van der Waals surface area (Å²) in [5.41, 5.74) is 4.76. The topological polar surface area (TPSA) is 104 Å². The van der Waals surface area contributed by atoms with Gasteiger partial charge in [0.1, 0.15) is 5.75 Å². The molecule has 9 nitrogen and oxygen atoms in total. The van der Waals surface area contributed by atoms with Gasteiger partial charge in [-0.25, -0.2) is 13.1 Å². The van der Waals surface area contributed by atoms with Crippen LogP contribution in [0.15, 0.2) is 96.2 Å². The van der Waals surface area contributed by atoms with Gasteiger partial charge in [0.25, 0.3) is 0 Å². The number of nitrogens with zero attached hydrogens (tertiary/aromatic N) is 3. The molecule has 1 aliphatic rings. The predicted molar refractivity (Wildman–Crippen MR) is 170 cm³/mol. The molecule has 1 amide bonds. The molecule has 10 heteroatoms. The molecule has 43 heavy (non-hydrogen) atoms. The van der Waals surface area contributed by atoms with Crippen molar-refractivity contribution in [3.05, 3.63) is 108 Å². The summed E-state index contributed by atoms with van der Waals surface area (Å²) in [6, 6.07) is 23.6. The molecule has 0 bridgehead atoms. The molecule has 1 saturated heterocycles. The lowest BCUT2D eigenvalue weighted by Crippen LogP contribution is -2.46. The maximum Gasteiger partial charge on any atom is 0.241 e. The number of sulfonamides is 1. The van der Waals surface area contributed by atoms with E-state index in [0.717, 1.165) is 31.9 Å². The summed E-state index contributed by atoms with van der Waals surface area (Å²) in [7, 11) is -2.40. The van der Waals surface area contributed by atoms with Gasteiger partial charge in [-0.2, -0.15) is 0 Å². The minimum atomic E-state index is -3.95. The quantitative estimate of drug-likeness (QED) is 0.262. The Kier molecular flexibility index (Phi) is 9.27. The van der Waals surface area contributed by atoms with Crippen molar-refractivity contribution in [3.8, 4) is 5.75 Å². The van der Waals surface area contributed by atoms with E-state index >= 15 is 0 Å². The smallest absolute Gasteiger partial charge is 0.241 e. The number of carbonyl (C=O) groups excluding carboxylic acids is 1. The molecule has 2 heterocycles. The Labute approximate surface area is 253 Å². The SMILES string of the molecule is COc1cc(C)c(S(=O)(=O)NC(CC(=O)Nc2ccc(N3CCN(c4ccncc4)CC3)cc2)c2ccccc2)c(C)c1. The maximum atomic E-state index is 13.6. The monoisotopic (exact) mass is 599 g/mol. The fourth-order valence-electron chi connectivity index (χ4n) is 5.54. The molecule has 5 rings (SSSR count). The van der Waals surface area contributed by atoms with Crippen LogP contribution in [0.25, 0.3) is 0 Å². The van der Waals surface area contributed by atoms with E-state index in [0.29, 0.717) is 28.1 Å². The Morgan fingerprint density at radius 3 is 1.98 bits per heavy atom. The summed E-state index contributed by atoms with van der Waals surface area (Å²) in [4.78, 5) is 22.2. The average molecular weight is 600 g/mol. The van der Waals surface area contributed by atoms with Crippen molar-refractivity contribution in [1.29, 1.82) is 0 Å². The van der Waals surface area contributed by atoms with Crippen molar-refractivity contribution in [2.24, 2.45) is 0 Å². The third-order valence-electron chi connectivity index (χ3n) is 7.65. The standard InChI is InChI=1S/C33H37N5O4S/c1-24-21-30(42-3)22-25(2)33(24)43(40,41)36-31(26-7-5-4-6-8-26)23-32(39)35-27-9-11-28(12-10-27)37-17-19-38(20-18-37)29-13-15-34-16-14-29/h4-16,21-22,31,36H,17-20,23H2,1-3H3,(H,35,39). The maximum absolute atomic E-state index is 13.6. The van der Waals surface area contributed by atoms with Crippen LogP contribution in [0.3, 0.4) is 0 Å². The lowest BCUT2D eigenvalue weighted by molar-refractivity contribution is -0.116. The van der Waals surface area contributed by atoms with Gasteiger partial charge in [-0.05, 0) is 79.1 Å². The van der Waals surface area contributed by atoms with Crippen molar-refractivity contribution in [2.75, 3.05) is 48.4 Å². The van der Waals surface area contributed by atoms with Gasteiger partial charge in [0.05, 0.1) is 18.0 Å². The van der Waals surface area contributed by atoms with E-state index in [1.54, 1.807) is 33.1 Å². The number of benzene rings is 3. The fraction of sp³-hybridized carbons (Fsp3) is 0.273. The minimum Gasteiger partial charge on any atom is -0.497 e. The van der Waals surface area contributed by atoms with E-state index < -0.39 is 16.1 Å². The molecule has 1 aliphatic heterocycles. The first kappa shape index (κ1) is 30.1. The molecule has 1 aromatic heterocycles. The van der Waals surface area contributed by atoms with Crippen molar-refractivity contribution >= 4 is 33.0 Å². The molecule has 1 unspecified atom stereocenters. The number of pyridine rings is 1. The highest BCUT2D eigenvalue weighted by atomic mass is 32.2. The lowest BCUT2D eigenvalue weighted by Gasteiger charge is -2.37. The number of methoxy groups -OCH3 is 1. The molecule has 4 aromatic rings. The number of aryl methyl sites for hydroxylation is 2. The van der Waals surface area contributed by atoms with Crippen LogP contribution >= 0.6 is 0 Å². The molecule has 1 atom stereocenters. The van der Waals surface area contributed by atoms with E-state index in [9.17, 15) is 13.2 Å². The Morgan fingerprint density at radius 2 is 1.42 bits per heavy atom. The molecule has 2 N–H and O–H groups in total. The molecule has 3 aromatic carbocycles. The summed E-state index contributed by atoms with van der Waals surface area (Å²) in [5, 5.41) is 2.94. The van der Waals surface area contributed by atoms with E-state index in [2.05, 4.69) is 24.8 Å². The number of piperazine rings is 1. The lowest BCUT2D eigenvalue weighted by atomic mass is 10.0. The third-order valence-corrected chi connectivity index (χ3v) is 9.43. The number of ether oxygens (including phenoxy) is 1. The Hall–Kier alpha value is -4.41. The fourth-order valence-corrected chi connectivity index (χ4v) is 7.22. The molecule has 0 aliphatic carbocycles. The normalized spacial score (nSPS) is 14.3. The zero-order chi connectivity index (χ0) is 30.4. The second-order valence-corrected chi connectivity index (χ2v) is 12.3. The van der Waals surface area contributed by atoms with Crippen molar-refractivity contribution in [1.82, 2.24) is 9.71 Å². The van der Waals surface area contributed by atoms with Crippen LogP contribution < -0.4 is 24.6 Å². The summed E-state index contributed by atoms with van der Waals surface area (Å²) in [6.45, 7) is 7.07. The number of carbonyl (C=O) groups is 1. The van der Waals surface area contributed by atoms with Crippen LogP contribution in [0.4, 0.5) is 17.1 Å². The second kappa shape index (κ2) is 13.3. The van der Waals surface area contributed by atoms with E-state index in [1.807, 2.05) is 79.1 Å². The summed E-state index contributed by atoms with van der Waals surface area (Å²) < 4.78 is 35.3. The molecule has 0 radical (unpaired) electrons. The number of amides is 1. The van der Waals surface area contributed by atoms with Crippen LogP contribution in [0.1, 0.15) is 29.2 Å². The number of aromatic nitrogens is 1. The van der Waals surface area contributed by atoms with Crippen molar-refractivity contribution < 1.29 is 17.9 Å². The molecule has 1 fully saturated rings. The molecular weight excluding hydrogens is 562 g/mol. The van der Waals surface area contributed by atoms with Gasteiger partial charge in [0, 0.05) is 62.1 Å². The van der Waals surface area contributed by atoms with Crippen LogP contribution in [-0.2, 0) is 14.8 Å². The average Bonchev–Trinajstić information content (AvgIpc) is 3.01. The van der Waals surface area contributed by atoms with Crippen molar-refractivity contribution in [3.63, 3.8) is 0 Å². The van der Waals surface area contributed by atoms with Crippen LogP contribution in [0.2, 0.25) is 0 Å². The van der Waals surface area contributed by atoms with Gasteiger partial charge >= 0.3 is 0 Å². The highest BCUT2D eigenvalue weighted by molar-refractivity contribution is 7.89. The van der Waals surface area contributed by atoms with Gasteiger partial charge in [0.15, 0.2) is 0 Å². The first-order valence-corrected chi connectivity index (χ1v) is 15.7. The van der Waals surface area contributed by atoms with Gasteiger partial charge in [-0.1, -0.05) is 30.3 Å². The number of hydrogen-bond acceptors (Lipinski definition) is 7. The number of anilines is 3. The molecule has 0 saturated carbocycles. The summed E-state index contributed by atoms with van der Waals surface area (Å²) in [5.74, 6) is 0.296. The Balaban J connectivity index is 1.24. The first-order chi connectivity index (χ1) is 20.7. The zero-order valence-electron chi connectivity index (χ0n) is 24.7. The summed E-state index contributed by atoms with van der Waals surface area (Å²) in [6.07, 6.45) is 3.55. The van der Waals surface area contributed by atoms with E-state index in [1.165, 1.54) is 5.69 Å². The highest BCUT2D eigenvalue weighted by Crippen LogP contribution is 2.29. The van der Waals surface area contributed by atoms with Crippen LogP contribution in [-0.4, -0.2) is 52.6 Å². The van der Waals surface area contributed by atoms with Gasteiger partial charge < -0.3 is 19.9 Å². The van der Waals surface area contributed by atoms with Crippen LogP contribution in [0.5, 0.6) is 5.75 Å². The highest BCUT2D eigenvalue weighted by Gasteiger charge is 2.27. The third kappa shape index (κ3) is 7.33. The van der Waals surface area contributed by atoms with Gasteiger partial charge in [-0.15, -0.1) is 0 Å². The number of rotatable bonds is 10. The largest absolute Gasteiger partial charge is 0.497 e. The summed E-state index contributed by atoms with van der Waals surface area (Å²) >= 11 is 0. The van der Waals surface area contributed by atoms with E-state index in [4.69, 9.17) is 4.74 Å². The van der Waals surface area contributed by atoms with Gasteiger partial charge in [0.2, 0.25) is 15.9 Å². The number of hydrogen-bond donors (Lipinski definition) is 2. The Morgan fingerprint density at radius 1 is 0.860 bits per heavy atom. The molecule has 224 valence electrons. The molecule has 0 spiro atoms. The second-order valence-electron chi connectivity index (χ2n) is 10.7. The van der Waals surface area contributed by atoms with Gasteiger partial charge in [-0.3, -0.25) is 9.78 Å². The zero-order valence-corrected chi connectivity index (χ0v) is 25.5. The predicted octanol–water partition coefficient (Wildman–Crippen LogP) is 5.08. The van der Waals surface area contributed by atoms with E-state index in [-0.39, 0.29) is 17.2 Å². The minimum absolute atomic E-state index is 0.0732. The first-order valence-electron chi connectivity index (χ1n) is 14.3. The molecular formula is C33H37N5O4S. The number of nitrogens with one attached hydrogen (secondary N) is 2.